The fourth-order valence-electron chi connectivity index (χ4n) is 2.31. The lowest BCUT2D eigenvalue weighted by Crippen LogP contribution is -2.16. The van der Waals surface area contributed by atoms with Gasteiger partial charge in [-0.1, -0.05) is 12.1 Å². The van der Waals surface area contributed by atoms with E-state index in [1.807, 2.05) is 31.2 Å². The Morgan fingerprint density at radius 3 is 2.80 bits per heavy atom. The van der Waals surface area contributed by atoms with Crippen molar-refractivity contribution in [3.05, 3.63) is 46.0 Å². The Labute approximate surface area is 117 Å². The van der Waals surface area contributed by atoms with E-state index in [-0.39, 0.29) is 5.56 Å². The highest BCUT2D eigenvalue weighted by molar-refractivity contribution is 5.69. The van der Waals surface area contributed by atoms with Gasteiger partial charge in [0, 0.05) is 17.0 Å². The van der Waals surface area contributed by atoms with E-state index >= 15 is 0 Å². The van der Waals surface area contributed by atoms with Gasteiger partial charge in [0.1, 0.15) is 11.6 Å². The summed E-state index contributed by atoms with van der Waals surface area (Å²) >= 11 is 0. The topological polar surface area (TPSA) is 55.0 Å². The van der Waals surface area contributed by atoms with Crippen LogP contribution < -0.4 is 10.3 Å². The van der Waals surface area contributed by atoms with Crippen LogP contribution in [0.4, 0.5) is 0 Å². The molecule has 20 heavy (non-hydrogen) atoms. The monoisotopic (exact) mass is 270 g/mol. The van der Waals surface area contributed by atoms with Crippen LogP contribution in [0.25, 0.3) is 11.3 Å². The number of nitrogens with zero attached hydrogens (tertiary/aromatic N) is 1. The predicted molar refractivity (Wildman–Crippen MR) is 78.2 cm³/mol. The lowest BCUT2D eigenvalue weighted by Gasteiger charge is -2.12. The predicted octanol–water partition coefficient (Wildman–Crippen LogP) is 3.02. The maximum absolute atomic E-state index is 12.1. The molecule has 0 radical (unpaired) electrons. The minimum absolute atomic E-state index is 0.0526. The summed E-state index contributed by atoms with van der Waals surface area (Å²) in [6.07, 6.45) is 2.22. The molecule has 3 rings (SSSR count). The summed E-state index contributed by atoms with van der Waals surface area (Å²) in [5.41, 5.74) is 2.21. The van der Waals surface area contributed by atoms with Gasteiger partial charge in [-0.3, -0.25) is 4.79 Å². The Balaban J connectivity index is 2.16. The Bertz CT molecular complexity index is 687. The van der Waals surface area contributed by atoms with Crippen molar-refractivity contribution in [3.8, 4) is 17.0 Å². The highest BCUT2D eigenvalue weighted by atomic mass is 16.5. The molecule has 0 saturated heterocycles. The van der Waals surface area contributed by atoms with Crippen LogP contribution in [0.15, 0.2) is 29.1 Å². The van der Waals surface area contributed by atoms with Gasteiger partial charge in [-0.05, 0) is 38.8 Å². The van der Waals surface area contributed by atoms with Crippen LogP contribution in [0.3, 0.4) is 0 Å². The Morgan fingerprint density at radius 1 is 1.35 bits per heavy atom. The largest absolute Gasteiger partial charge is 0.493 e. The fraction of sp³-hybridized carbons (Fsp3) is 0.375. The van der Waals surface area contributed by atoms with Crippen molar-refractivity contribution in [1.82, 2.24) is 9.97 Å². The number of H-pyrrole nitrogens is 1. The molecule has 4 nitrogen and oxygen atoms in total. The van der Waals surface area contributed by atoms with Gasteiger partial charge in [0.25, 0.3) is 5.56 Å². The van der Waals surface area contributed by atoms with Crippen molar-refractivity contribution in [1.29, 1.82) is 0 Å². The molecule has 1 saturated carbocycles. The highest BCUT2D eigenvalue weighted by Gasteiger charge is 2.27. The standard InChI is InChI=1S/C16H18N2O2/c1-3-20-13-7-5-4-6-12(13)14-10(2)16(19)18-15(17-14)11-8-9-11/h4-7,11H,3,8-9H2,1-2H3,(H,17,18,19). The lowest BCUT2D eigenvalue weighted by atomic mass is 10.1. The quantitative estimate of drug-likeness (QED) is 0.929. The van der Waals surface area contributed by atoms with E-state index in [1.165, 1.54) is 0 Å². The molecule has 1 aliphatic carbocycles. The third kappa shape index (κ3) is 2.33. The van der Waals surface area contributed by atoms with Gasteiger partial charge in [0.15, 0.2) is 0 Å². The van der Waals surface area contributed by atoms with Gasteiger partial charge in [-0.15, -0.1) is 0 Å². The second kappa shape index (κ2) is 5.12. The lowest BCUT2D eigenvalue weighted by molar-refractivity contribution is 0.341. The van der Waals surface area contributed by atoms with Gasteiger partial charge < -0.3 is 9.72 Å². The first-order chi connectivity index (χ1) is 9.70. The third-order valence-corrected chi connectivity index (χ3v) is 3.58. The van der Waals surface area contributed by atoms with E-state index in [1.54, 1.807) is 6.92 Å². The highest BCUT2D eigenvalue weighted by Crippen LogP contribution is 2.39. The van der Waals surface area contributed by atoms with E-state index in [2.05, 4.69) is 9.97 Å². The van der Waals surface area contributed by atoms with Gasteiger partial charge in [0.2, 0.25) is 0 Å². The molecule has 1 aromatic carbocycles. The zero-order chi connectivity index (χ0) is 14.1. The van der Waals surface area contributed by atoms with Crippen molar-refractivity contribution < 1.29 is 4.74 Å². The van der Waals surface area contributed by atoms with E-state index in [0.717, 1.165) is 35.7 Å². The van der Waals surface area contributed by atoms with Crippen molar-refractivity contribution in [2.24, 2.45) is 0 Å². The number of aromatic nitrogens is 2. The summed E-state index contributed by atoms with van der Waals surface area (Å²) in [6, 6.07) is 7.74. The number of nitrogens with one attached hydrogen (secondary N) is 1. The molecule has 0 unspecified atom stereocenters. The number of hydrogen-bond acceptors (Lipinski definition) is 3. The molecule has 0 amide bonds. The molecule has 1 fully saturated rings. The van der Waals surface area contributed by atoms with E-state index in [9.17, 15) is 4.79 Å². The normalized spacial score (nSPS) is 14.3. The Kier molecular flexibility index (Phi) is 3.30. The van der Waals surface area contributed by atoms with E-state index in [4.69, 9.17) is 4.74 Å². The summed E-state index contributed by atoms with van der Waals surface area (Å²) in [6.45, 7) is 4.35. The molecule has 1 aromatic heterocycles. The molecule has 0 atom stereocenters. The second-order valence-corrected chi connectivity index (χ2v) is 5.13. The molecule has 0 bridgehead atoms. The van der Waals surface area contributed by atoms with Crippen LogP contribution in [-0.2, 0) is 0 Å². The molecular weight excluding hydrogens is 252 g/mol. The minimum atomic E-state index is -0.0526. The first kappa shape index (κ1) is 12.9. The van der Waals surface area contributed by atoms with E-state index in [0.29, 0.717) is 18.1 Å². The van der Waals surface area contributed by atoms with Crippen LogP contribution in [-0.4, -0.2) is 16.6 Å². The third-order valence-electron chi connectivity index (χ3n) is 3.58. The average Bonchev–Trinajstić information content (AvgIpc) is 3.27. The number of benzene rings is 1. The first-order valence-electron chi connectivity index (χ1n) is 7.03. The van der Waals surface area contributed by atoms with Gasteiger partial charge in [-0.2, -0.15) is 0 Å². The summed E-state index contributed by atoms with van der Waals surface area (Å²) < 4.78 is 5.65. The maximum Gasteiger partial charge on any atom is 0.254 e. The zero-order valence-corrected chi connectivity index (χ0v) is 11.8. The number of para-hydroxylation sites is 1. The average molecular weight is 270 g/mol. The molecular formula is C16H18N2O2. The van der Waals surface area contributed by atoms with Crippen LogP contribution in [0.1, 0.15) is 37.1 Å². The first-order valence-corrected chi connectivity index (χ1v) is 7.03. The van der Waals surface area contributed by atoms with Crippen molar-refractivity contribution >= 4 is 0 Å². The van der Waals surface area contributed by atoms with Gasteiger partial charge >= 0.3 is 0 Å². The molecule has 1 heterocycles. The summed E-state index contributed by atoms with van der Waals surface area (Å²) in [4.78, 5) is 19.7. The number of aromatic amines is 1. The molecule has 104 valence electrons. The molecule has 1 N–H and O–H groups in total. The number of ether oxygens (including phenoxy) is 1. The van der Waals surface area contributed by atoms with Crippen LogP contribution in [0, 0.1) is 6.92 Å². The second-order valence-electron chi connectivity index (χ2n) is 5.13. The molecule has 4 heteroatoms. The van der Waals surface area contributed by atoms with Crippen LogP contribution >= 0.6 is 0 Å². The van der Waals surface area contributed by atoms with Crippen LogP contribution in [0.2, 0.25) is 0 Å². The number of rotatable bonds is 4. The smallest absolute Gasteiger partial charge is 0.254 e. The molecule has 0 spiro atoms. The minimum Gasteiger partial charge on any atom is -0.493 e. The SMILES string of the molecule is CCOc1ccccc1-c1nc(C2CC2)[nH]c(=O)c1C. The zero-order valence-electron chi connectivity index (χ0n) is 11.8. The summed E-state index contributed by atoms with van der Waals surface area (Å²) in [5, 5.41) is 0. The van der Waals surface area contributed by atoms with Crippen LogP contribution in [0.5, 0.6) is 5.75 Å². The maximum atomic E-state index is 12.1. The van der Waals surface area contributed by atoms with Crippen molar-refractivity contribution in [3.63, 3.8) is 0 Å². The summed E-state index contributed by atoms with van der Waals surface area (Å²) in [7, 11) is 0. The van der Waals surface area contributed by atoms with Crippen molar-refractivity contribution in [2.75, 3.05) is 6.61 Å². The molecule has 2 aromatic rings. The Hall–Kier alpha value is -2.10. The van der Waals surface area contributed by atoms with E-state index < -0.39 is 0 Å². The number of hydrogen-bond donors (Lipinski definition) is 1. The van der Waals surface area contributed by atoms with Gasteiger partial charge in [-0.25, -0.2) is 4.98 Å². The van der Waals surface area contributed by atoms with Crippen molar-refractivity contribution in [2.45, 2.75) is 32.6 Å². The molecule has 1 aliphatic rings. The summed E-state index contributed by atoms with van der Waals surface area (Å²) in [5.74, 6) is 2.00. The fourth-order valence-corrected chi connectivity index (χ4v) is 2.31. The molecule has 0 aliphatic heterocycles. The Morgan fingerprint density at radius 2 is 2.10 bits per heavy atom. The van der Waals surface area contributed by atoms with Gasteiger partial charge in [0.05, 0.1) is 12.3 Å².